The maximum atomic E-state index is 6.09. The highest BCUT2D eigenvalue weighted by molar-refractivity contribution is 5.41. The Morgan fingerprint density at radius 2 is 1.86 bits per heavy atom. The van der Waals surface area contributed by atoms with Crippen molar-refractivity contribution in [3.63, 3.8) is 0 Å². The molecule has 2 rings (SSSR count). The van der Waals surface area contributed by atoms with Gasteiger partial charge >= 0.3 is 0 Å². The van der Waals surface area contributed by atoms with Gasteiger partial charge in [0.25, 0.3) is 0 Å². The van der Waals surface area contributed by atoms with Crippen molar-refractivity contribution in [3.8, 4) is 5.75 Å². The molecule has 0 radical (unpaired) electrons. The second kappa shape index (κ2) is 7.98. The van der Waals surface area contributed by atoms with E-state index in [9.17, 15) is 0 Å². The lowest BCUT2D eigenvalue weighted by Crippen LogP contribution is -3.20. The number of quaternary nitrogens is 2. The Balaban J connectivity index is 1.77. The Labute approximate surface area is 136 Å². The summed E-state index contributed by atoms with van der Waals surface area (Å²) in [6.07, 6.45) is 2.43. The SMILES string of the molecule is Cc1ccc(OCCCC[NH+]2CC[NH2+]CC2)c(C(C)(C)C)c1. The third-order valence-corrected chi connectivity index (χ3v) is 4.53. The molecule has 1 aliphatic heterocycles. The number of benzene rings is 1. The third-order valence-electron chi connectivity index (χ3n) is 4.53. The van der Waals surface area contributed by atoms with Gasteiger partial charge in [-0.1, -0.05) is 38.5 Å². The number of piperazine rings is 1. The summed E-state index contributed by atoms with van der Waals surface area (Å²) in [6, 6.07) is 6.56. The van der Waals surface area contributed by atoms with E-state index >= 15 is 0 Å². The van der Waals surface area contributed by atoms with Gasteiger partial charge in [-0.15, -0.1) is 0 Å². The monoisotopic (exact) mass is 306 g/mol. The molecule has 1 fully saturated rings. The summed E-state index contributed by atoms with van der Waals surface area (Å²) in [5, 5.41) is 2.43. The normalized spacial score (nSPS) is 16.7. The van der Waals surface area contributed by atoms with Crippen LogP contribution in [-0.2, 0) is 5.41 Å². The smallest absolute Gasteiger partial charge is 0.127 e. The highest BCUT2D eigenvalue weighted by Crippen LogP contribution is 2.32. The molecule has 0 amide bonds. The Kier molecular flexibility index (Phi) is 6.27. The summed E-state index contributed by atoms with van der Waals surface area (Å²) in [4.78, 5) is 1.77. The summed E-state index contributed by atoms with van der Waals surface area (Å²) in [7, 11) is 0. The van der Waals surface area contributed by atoms with Crippen molar-refractivity contribution in [1.29, 1.82) is 0 Å². The Morgan fingerprint density at radius 3 is 2.55 bits per heavy atom. The zero-order valence-corrected chi connectivity index (χ0v) is 14.9. The van der Waals surface area contributed by atoms with Crippen molar-refractivity contribution in [3.05, 3.63) is 29.3 Å². The molecule has 0 unspecified atom stereocenters. The van der Waals surface area contributed by atoms with E-state index in [4.69, 9.17) is 4.74 Å². The van der Waals surface area contributed by atoms with E-state index in [1.807, 2.05) is 0 Å². The van der Waals surface area contributed by atoms with Crippen LogP contribution in [0.4, 0.5) is 0 Å². The highest BCUT2D eigenvalue weighted by Gasteiger charge is 2.19. The number of nitrogens with two attached hydrogens (primary N) is 1. The van der Waals surface area contributed by atoms with Crippen LogP contribution < -0.4 is 15.0 Å². The molecule has 0 bridgehead atoms. The zero-order valence-electron chi connectivity index (χ0n) is 14.9. The first kappa shape index (κ1) is 17.3. The van der Waals surface area contributed by atoms with Gasteiger partial charge in [0.2, 0.25) is 0 Å². The molecule has 1 aromatic carbocycles. The molecule has 0 spiro atoms. The molecule has 22 heavy (non-hydrogen) atoms. The molecule has 0 atom stereocenters. The lowest BCUT2D eigenvalue weighted by atomic mass is 9.85. The van der Waals surface area contributed by atoms with Crippen molar-refractivity contribution < 1.29 is 15.0 Å². The van der Waals surface area contributed by atoms with Crippen molar-refractivity contribution >= 4 is 0 Å². The first-order valence-corrected chi connectivity index (χ1v) is 8.86. The quantitative estimate of drug-likeness (QED) is 0.752. The van der Waals surface area contributed by atoms with Crippen molar-refractivity contribution in [2.75, 3.05) is 39.3 Å². The second-order valence-electron chi connectivity index (χ2n) is 7.67. The molecule has 0 aliphatic carbocycles. The molecule has 3 N–H and O–H groups in total. The van der Waals surface area contributed by atoms with Crippen LogP contribution in [0.15, 0.2) is 18.2 Å². The molecular weight excluding hydrogens is 272 g/mol. The Hall–Kier alpha value is -1.06. The molecule has 3 heteroatoms. The Bertz CT molecular complexity index is 459. The summed E-state index contributed by atoms with van der Waals surface area (Å²) in [5.74, 6) is 1.07. The summed E-state index contributed by atoms with van der Waals surface area (Å²) in [5.41, 5.74) is 2.77. The number of ether oxygens (including phenoxy) is 1. The number of aryl methyl sites for hydroxylation is 1. The minimum absolute atomic E-state index is 0.135. The highest BCUT2D eigenvalue weighted by atomic mass is 16.5. The van der Waals surface area contributed by atoms with Gasteiger partial charge in [0.15, 0.2) is 0 Å². The fourth-order valence-electron chi connectivity index (χ4n) is 3.15. The number of hydrogen-bond acceptors (Lipinski definition) is 1. The van der Waals surface area contributed by atoms with Gasteiger partial charge in [-0.25, -0.2) is 0 Å². The molecule has 124 valence electrons. The molecule has 1 aliphatic rings. The number of nitrogens with one attached hydrogen (secondary N) is 1. The van der Waals surface area contributed by atoms with E-state index in [-0.39, 0.29) is 5.41 Å². The maximum Gasteiger partial charge on any atom is 0.127 e. The van der Waals surface area contributed by atoms with Crippen LogP contribution in [0.2, 0.25) is 0 Å². The lowest BCUT2D eigenvalue weighted by Gasteiger charge is -2.24. The lowest BCUT2D eigenvalue weighted by molar-refractivity contribution is -0.946. The molecular formula is C19H34N2O+2. The van der Waals surface area contributed by atoms with E-state index in [1.165, 1.54) is 50.3 Å². The van der Waals surface area contributed by atoms with Crippen LogP contribution in [-0.4, -0.2) is 39.3 Å². The average Bonchev–Trinajstić information content (AvgIpc) is 2.48. The molecule has 0 saturated carbocycles. The summed E-state index contributed by atoms with van der Waals surface area (Å²) in [6.45, 7) is 16.3. The van der Waals surface area contributed by atoms with Gasteiger partial charge in [-0.2, -0.15) is 0 Å². The third kappa shape index (κ3) is 5.29. The van der Waals surface area contributed by atoms with Crippen LogP contribution in [0.25, 0.3) is 0 Å². The van der Waals surface area contributed by atoms with Crippen LogP contribution >= 0.6 is 0 Å². The molecule has 3 nitrogen and oxygen atoms in total. The van der Waals surface area contributed by atoms with Crippen molar-refractivity contribution in [2.45, 2.75) is 46.0 Å². The number of unbranched alkanes of at least 4 members (excludes halogenated alkanes) is 1. The fraction of sp³-hybridized carbons (Fsp3) is 0.684. The van der Waals surface area contributed by atoms with E-state index in [0.29, 0.717) is 0 Å². The van der Waals surface area contributed by atoms with E-state index in [2.05, 4.69) is 51.2 Å². The fourth-order valence-corrected chi connectivity index (χ4v) is 3.15. The largest absolute Gasteiger partial charge is 0.493 e. The topological polar surface area (TPSA) is 30.3 Å². The summed E-state index contributed by atoms with van der Waals surface area (Å²) < 4.78 is 6.09. The first-order valence-electron chi connectivity index (χ1n) is 8.86. The predicted molar refractivity (Wildman–Crippen MR) is 91.8 cm³/mol. The predicted octanol–water partition coefficient (Wildman–Crippen LogP) is 0.913. The molecule has 1 heterocycles. The number of hydrogen-bond donors (Lipinski definition) is 2. The summed E-state index contributed by atoms with van der Waals surface area (Å²) >= 11 is 0. The van der Waals surface area contributed by atoms with Gasteiger partial charge in [0.1, 0.15) is 31.9 Å². The van der Waals surface area contributed by atoms with Gasteiger partial charge in [0.05, 0.1) is 13.2 Å². The van der Waals surface area contributed by atoms with E-state index in [1.54, 1.807) is 4.90 Å². The van der Waals surface area contributed by atoms with Gasteiger partial charge in [0, 0.05) is 0 Å². The molecule has 1 saturated heterocycles. The molecule has 0 aromatic heterocycles. The van der Waals surface area contributed by atoms with Crippen molar-refractivity contribution in [2.24, 2.45) is 0 Å². The van der Waals surface area contributed by atoms with Gasteiger partial charge in [-0.3, -0.25) is 0 Å². The van der Waals surface area contributed by atoms with Gasteiger partial charge in [-0.05, 0) is 36.8 Å². The number of rotatable bonds is 6. The van der Waals surface area contributed by atoms with E-state index < -0.39 is 0 Å². The Morgan fingerprint density at radius 1 is 1.14 bits per heavy atom. The first-order chi connectivity index (χ1) is 10.5. The van der Waals surface area contributed by atoms with Crippen LogP contribution in [0.5, 0.6) is 5.75 Å². The standard InChI is InChI=1S/C19H32N2O/c1-16-7-8-18(17(15-16)19(2,3)4)22-14-6-5-11-21-12-9-20-10-13-21/h7-8,15,20H,5-6,9-14H2,1-4H3/p+2. The van der Waals surface area contributed by atoms with Gasteiger partial charge < -0.3 is 15.0 Å². The van der Waals surface area contributed by atoms with E-state index in [0.717, 1.165) is 18.8 Å². The van der Waals surface area contributed by atoms with Crippen LogP contribution in [0, 0.1) is 6.92 Å². The van der Waals surface area contributed by atoms with Crippen molar-refractivity contribution in [1.82, 2.24) is 0 Å². The van der Waals surface area contributed by atoms with Crippen LogP contribution in [0.1, 0.15) is 44.7 Å². The minimum atomic E-state index is 0.135. The molecule has 1 aromatic rings. The zero-order chi connectivity index (χ0) is 16.0. The minimum Gasteiger partial charge on any atom is -0.493 e. The second-order valence-corrected chi connectivity index (χ2v) is 7.67. The maximum absolute atomic E-state index is 6.09. The average molecular weight is 306 g/mol. The van der Waals surface area contributed by atoms with Crippen LogP contribution in [0.3, 0.4) is 0 Å².